The first-order valence-corrected chi connectivity index (χ1v) is 16.0. The van der Waals surface area contributed by atoms with E-state index in [9.17, 15) is 4.79 Å². The van der Waals surface area contributed by atoms with Crippen molar-refractivity contribution in [1.29, 1.82) is 0 Å². The molecule has 0 radical (unpaired) electrons. The largest absolute Gasteiger partial charge is 0.470 e. The van der Waals surface area contributed by atoms with E-state index in [1.54, 1.807) is 7.11 Å². The summed E-state index contributed by atoms with van der Waals surface area (Å²) in [6.07, 6.45) is 14.2. The second-order valence-electron chi connectivity index (χ2n) is 13.3. The van der Waals surface area contributed by atoms with Crippen molar-refractivity contribution in [2.45, 2.75) is 113 Å². The van der Waals surface area contributed by atoms with Crippen molar-refractivity contribution in [1.82, 2.24) is 0 Å². The first-order chi connectivity index (χ1) is 18.0. The minimum atomic E-state index is -1.22. The first-order valence-electron chi connectivity index (χ1n) is 14.4. The molecule has 0 spiro atoms. The zero-order chi connectivity index (χ0) is 29.8. The number of hydrogen-bond donors (Lipinski definition) is 0. The van der Waals surface area contributed by atoms with Gasteiger partial charge in [-0.05, 0) is 116 Å². The van der Waals surface area contributed by atoms with E-state index in [-0.39, 0.29) is 29.0 Å². The Morgan fingerprint density at radius 3 is 2.33 bits per heavy atom. The smallest absolute Gasteiger partial charge is 0.220 e. The lowest BCUT2D eigenvalue weighted by Gasteiger charge is -2.62. The van der Waals surface area contributed by atoms with Crippen LogP contribution in [0, 0.1) is 28.1 Å². The number of carbonyl (C=O) groups excluding carboxylic acids is 2. The number of hydrogen-bond acceptors (Lipinski definition) is 6. The molecule has 2 aliphatic carbocycles. The van der Waals surface area contributed by atoms with Gasteiger partial charge in [0.25, 0.3) is 0 Å². The molecule has 0 aromatic carbocycles. The van der Waals surface area contributed by atoms with Crippen LogP contribution < -0.4 is 0 Å². The lowest BCUT2D eigenvalue weighted by Crippen LogP contribution is -2.68. The molecule has 39 heavy (non-hydrogen) atoms. The summed E-state index contributed by atoms with van der Waals surface area (Å²) in [5.41, 5.74) is -0.488. The lowest BCUT2D eigenvalue weighted by atomic mass is 9.39. The van der Waals surface area contributed by atoms with E-state index in [0.29, 0.717) is 17.2 Å². The summed E-state index contributed by atoms with van der Waals surface area (Å²) in [5.74, 6) is -0.125. The third-order valence-corrected chi connectivity index (χ3v) is 10.3. The molecule has 0 heterocycles. The van der Waals surface area contributed by atoms with E-state index in [1.807, 2.05) is 32.3 Å². The number of rotatable bonds is 12. The molecule has 0 saturated heterocycles. The normalized spacial score (nSPS) is 30.2. The van der Waals surface area contributed by atoms with E-state index in [1.165, 1.54) is 17.3 Å². The molecule has 2 aliphatic rings. The third kappa shape index (κ3) is 6.81. The SMILES string of the molecule is COC(C)(C)CCC[C@@]1(C)[C@H](CC=C(C)C)C[C@]2(CC=C(C)C)C(=O)[C@@]1(C(=O)C(C)C)C=CC2OC(=S)SC. The van der Waals surface area contributed by atoms with Gasteiger partial charge in [-0.2, -0.15) is 0 Å². The van der Waals surface area contributed by atoms with Crippen molar-refractivity contribution in [3.05, 3.63) is 35.5 Å². The zero-order valence-corrected chi connectivity index (χ0v) is 27.9. The van der Waals surface area contributed by atoms with Crippen LogP contribution in [0.15, 0.2) is 35.5 Å². The topological polar surface area (TPSA) is 52.6 Å². The molecule has 0 aromatic rings. The number of carbonyl (C=O) groups is 2. The van der Waals surface area contributed by atoms with Crippen LogP contribution in [0.1, 0.15) is 101 Å². The molecule has 6 heteroatoms. The molecule has 2 bridgehead atoms. The number of allylic oxidation sites excluding steroid dienone is 5. The monoisotopic (exact) mass is 576 g/mol. The van der Waals surface area contributed by atoms with Crippen LogP contribution in [0.5, 0.6) is 0 Å². The van der Waals surface area contributed by atoms with Crippen molar-refractivity contribution >= 4 is 39.9 Å². The predicted molar refractivity (Wildman–Crippen MR) is 169 cm³/mol. The van der Waals surface area contributed by atoms with Crippen LogP contribution in [0.3, 0.4) is 0 Å². The van der Waals surface area contributed by atoms with E-state index in [2.05, 4.69) is 60.6 Å². The van der Waals surface area contributed by atoms with Crippen molar-refractivity contribution < 1.29 is 19.1 Å². The fourth-order valence-electron chi connectivity index (χ4n) is 6.68. The van der Waals surface area contributed by atoms with Gasteiger partial charge in [-0.25, -0.2) is 0 Å². The van der Waals surface area contributed by atoms with Crippen LogP contribution in [0.2, 0.25) is 0 Å². The fraction of sp³-hybridized carbons (Fsp3) is 0.727. The molecule has 5 atom stereocenters. The number of fused-ring (bicyclic) bond motifs is 2. The first kappa shape index (κ1) is 34.0. The standard InChI is InChI=1S/C33H52O4S2/c1-22(2)13-14-25-21-32(19-15-23(3)4)26(37-29(38)39-11)16-20-33(28(32)35,27(34)24(5)6)31(25,9)18-12-17-30(7,8)36-10/h13,15-16,20,24-26H,12,14,17-19,21H2,1-11H3/t25-,26?,31+,32+,33+/m1/s1. The van der Waals surface area contributed by atoms with E-state index < -0.39 is 22.3 Å². The Balaban J connectivity index is 2.85. The fourth-order valence-corrected chi connectivity index (χ4v) is 6.98. The maximum atomic E-state index is 15.1. The van der Waals surface area contributed by atoms with Gasteiger partial charge >= 0.3 is 0 Å². The highest BCUT2D eigenvalue weighted by atomic mass is 32.2. The Labute approximate surface area is 247 Å². The molecular weight excluding hydrogens is 524 g/mol. The summed E-state index contributed by atoms with van der Waals surface area (Å²) in [7, 11) is 1.74. The number of thiocarbonyl (C=S) groups is 1. The highest BCUT2D eigenvalue weighted by Gasteiger charge is 2.71. The number of ether oxygens (including phenoxy) is 2. The molecule has 0 aromatic heterocycles. The number of methoxy groups -OCH3 is 1. The summed E-state index contributed by atoms with van der Waals surface area (Å²) in [6.45, 7) is 18.6. The molecule has 0 N–H and O–H groups in total. The highest BCUT2D eigenvalue weighted by molar-refractivity contribution is 8.22. The summed E-state index contributed by atoms with van der Waals surface area (Å²) in [5, 5.41) is 0. The van der Waals surface area contributed by atoms with Crippen molar-refractivity contribution in [3.8, 4) is 0 Å². The second kappa shape index (κ2) is 13.2. The van der Waals surface area contributed by atoms with Gasteiger partial charge in [0, 0.05) is 13.0 Å². The minimum Gasteiger partial charge on any atom is -0.470 e. The number of ketones is 2. The van der Waals surface area contributed by atoms with Crippen molar-refractivity contribution in [3.63, 3.8) is 0 Å². The van der Waals surface area contributed by atoms with Crippen LogP contribution in [0.25, 0.3) is 0 Å². The summed E-state index contributed by atoms with van der Waals surface area (Å²) in [6, 6.07) is 0. The highest BCUT2D eigenvalue weighted by Crippen LogP contribution is 2.66. The van der Waals surface area contributed by atoms with Crippen LogP contribution >= 0.6 is 24.0 Å². The van der Waals surface area contributed by atoms with Gasteiger partial charge in [-0.15, -0.1) is 0 Å². The number of Topliss-reactive ketones (excluding diaryl/α,β-unsaturated/α-hetero) is 2. The molecule has 0 aliphatic heterocycles. The van der Waals surface area contributed by atoms with E-state index in [0.717, 1.165) is 31.3 Å². The summed E-state index contributed by atoms with van der Waals surface area (Å²) >= 11 is 6.86. The van der Waals surface area contributed by atoms with Gasteiger partial charge in [0.2, 0.25) is 4.38 Å². The molecule has 0 amide bonds. The van der Waals surface area contributed by atoms with Gasteiger partial charge < -0.3 is 9.47 Å². The molecule has 1 unspecified atom stereocenters. The van der Waals surface area contributed by atoms with Crippen molar-refractivity contribution in [2.75, 3.05) is 13.4 Å². The molecule has 1 fully saturated rings. The van der Waals surface area contributed by atoms with Gasteiger partial charge in [-0.1, -0.05) is 61.9 Å². The lowest BCUT2D eigenvalue weighted by molar-refractivity contribution is -0.176. The summed E-state index contributed by atoms with van der Waals surface area (Å²) < 4.78 is 12.5. The van der Waals surface area contributed by atoms with E-state index in [4.69, 9.17) is 21.7 Å². The molecule has 220 valence electrons. The van der Waals surface area contributed by atoms with E-state index >= 15 is 4.79 Å². The molecular formula is C33H52O4S2. The van der Waals surface area contributed by atoms with Crippen LogP contribution in [0.4, 0.5) is 0 Å². The van der Waals surface area contributed by atoms with Crippen LogP contribution in [-0.4, -0.2) is 41.0 Å². The Kier molecular flexibility index (Phi) is 11.5. The Morgan fingerprint density at radius 1 is 1.21 bits per heavy atom. The zero-order valence-electron chi connectivity index (χ0n) is 26.2. The minimum absolute atomic E-state index is 0.0181. The molecule has 4 nitrogen and oxygen atoms in total. The maximum Gasteiger partial charge on any atom is 0.220 e. The Hall–Kier alpha value is -1.24. The van der Waals surface area contributed by atoms with Gasteiger partial charge in [0.05, 0.1) is 11.0 Å². The number of thioether (sulfide) groups is 1. The predicted octanol–water partition coefficient (Wildman–Crippen LogP) is 8.69. The maximum absolute atomic E-state index is 15.1. The Morgan fingerprint density at radius 2 is 1.82 bits per heavy atom. The Bertz CT molecular complexity index is 1010. The average Bonchev–Trinajstić information content (AvgIpc) is 2.85. The van der Waals surface area contributed by atoms with Gasteiger partial charge in [0.15, 0.2) is 11.6 Å². The quantitative estimate of drug-likeness (QED) is 0.132. The van der Waals surface area contributed by atoms with Crippen LogP contribution in [-0.2, 0) is 19.1 Å². The summed E-state index contributed by atoms with van der Waals surface area (Å²) in [4.78, 5) is 29.6. The van der Waals surface area contributed by atoms with Gasteiger partial charge in [0.1, 0.15) is 11.5 Å². The average molecular weight is 577 g/mol. The third-order valence-electron chi connectivity index (χ3n) is 9.30. The molecule has 1 saturated carbocycles. The van der Waals surface area contributed by atoms with Crippen molar-refractivity contribution in [2.24, 2.45) is 28.1 Å². The van der Waals surface area contributed by atoms with Gasteiger partial charge in [-0.3, -0.25) is 9.59 Å². The second-order valence-corrected chi connectivity index (χ2v) is 14.7. The molecule has 2 rings (SSSR count).